The van der Waals surface area contributed by atoms with Crippen LogP contribution in [-0.4, -0.2) is 67.7 Å². The second-order valence-electron chi connectivity index (χ2n) is 7.67. The van der Waals surface area contributed by atoms with Crippen LogP contribution in [0.3, 0.4) is 0 Å². The van der Waals surface area contributed by atoms with E-state index in [1.807, 2.05) is 36.8 Å². The average molecular weight is 680 g/mol. The average Bonchev–Trinajstić information content (AvgIpc) is 2.97. The van der Waals surface area contributed by atoms with Crippen molar-refractivity contribution in [3.63, 3.8) is 0 Å². The van der Waals surface area contributed by atoms with Gasteiger partial charge in [0.05, 0.1) is 11.6 Å². The standard InChI is InChI=1S/C12H9N3OS.C7H7BrN2O2S.C6H8BNO2.ClH/c1-17-12-13-6-8-7-4-2-3-5-9(7)14-11(16)10(8)15-12;1-12-6(11)5-4(8)3-9-7(10-5)13-2;8-6-4-2-1-3-5(6)7(9)10;/h2-6H,1H3,(H,14,16);3H,1-2H3;1-4,9-10H,8H2;1H. The van der Waals surface area contributed by atoms with E-state index in [0.717, 1.165) is 16.3 Å². The summed E-state index contributed by atoms with van der Waals surface area (Å²) in [5.41, 5.74) is 7.49. The summed E-state index contributed by atoms with van der Waals surface area (Å²) in [7, 11) is -0.156. The molecular formula is C25H25BBrClN6O5S2. The molecule has 41 heavy (non-hydrogen) atoms. The van der Waals surface area contributed by atoms with Crippen LogP contribution in [0.5, 0.6) is 0 Å². The Bertz CT molecular complexity index is 1700. The number of aromatic nitrogens is 5. The van der Waals surface area contributed by atoms with Crippen molar-refractivity contribution in [3.05, 3.63) is 81.4 Å². The molecule has 214 valence electrons. The molecule has 16 heteroatoms. The zero-order valence-electron chi connectivity index (χ0n) is 21.9. The summed E-state index contributed by atoms with van der Waals surface area (Å²) >= 11 is 5.96. The van der Waals surface area contributed by atoms with Crippen molar-refractivity contribution in [2.24, 2.45) is 0 Å². The Labute approximate surface area is 258 Å². The van der Waals surface area contributed by atoms with E-state index in [2.05, 4.69) is 45.6 Å². The first kappa shape index (κ1) is 34.0. The highest BCUT2D eigenvalue weighted by molar-refractivity contribution is 9.10. The van der Waals surface area contributed by atoms with Crippen molar-refractivity contribution in [2.75, 3.05) is 25.4 Å². The Hall–Kier alpha value is -3.21. The van der Waals surface area contributed by atoms with Gasteiger partial charge in [-0.15, -0.1) is 12.4 Å². The normalized spacial score (nSPS) is 10.0. The molecule has 0 aliphatic carbocycles. The van der Waals surface area contributed by atoms with Crippen LogP contribution in [-0.2, 0) is 4.74 Å². The van der Waals surface area contributed by atoms with Crippen LogP contribution in [0.15, 0.2) is 80.5 Å². The van der Waals surface area contributed by atoms with Gasteiger partial charge in [0.1, 0.15) is 5.52 Å². The summed E-state index contributed by atoms with van der Waals surface area (Å²) in [6.45, 7) is 0. The molecule has 2 aromatic carbocycles. The van der Waals surface area contributed by atoms with E-state index in [1.54, 1.807) is 30.5 Å². The fraction of sp³-hybridized carbons (Fsp3) is 0.120. The number of nitrogens with one attached hydrogen (secondary N) is 1. The largest absolute Gasteiger partial charge is 0.490 e. The molecule has 0 spiro atoms. The third-order valence-electron chi connectivity index (χ3n) is 5.19. The van der Waals surface area contributed by atoms with E-state index in [1.165, 1.54) is 36.8 Å². The molecule has 0 radical (unpaired) electrons. The number of aromatic amines is 1. The van der Waals surface area contributed by atoms with Crippen molar-refractivity contribution in [2.45, 2.75) is 10.3 Å². The van der Waals surface area contributed by atoms with E-state index in [0.29, 0.717) is 31.5 Å². The van der Waals surface area contributed by atoms with Gasteiger partial charge in [-0.2, -0.15) is 0 Å². The first-order chi connectivity index (χ1) is 19.2. The smallest absolute Gasteiger partial charge is 0.464 e. The van der Waals surface area contributed by atoms with Gasteiger partial charge in [0.25, 0.3) is 5.56 Å². The minimum atomic E-state index is -1.47. The maximum atomic E-state index is 11.9. The summed E-state index contributed by atoms with van der Waals surface area (Å²) < 4.78 is 5.09. The first-order valence-electron chi connectivity index (χ1n) is 11.4. The topological polar surface area (TPSA) is 177 Å². The lowest BCUT2D eigenvalue weighted by molar-refractivity contribution is 0.0591. The van der Waals surface area contributed by atoms with Crippen molar-refractivity contribution < 1.29 is 19.6 Å². The summed E-state index contributed by atoms with van der Waals surface area (Å²) in [5, 5.41) is 20.3. The number of fused-ring (bicyclic) bond motifs is 3. The highest BCUT2D eigenvalue weighted by Crippen LogP contribution is 2.20. The van der Waals surface area contributed by atoms with Crippen molar-refractivity contribution in [1.82, 2.24) is 24.9 Å². The molecular weight excluding hydrogens is 655 g/mol. The molecule has 0 atom stereocenters. The fourth-order valence-electron chi connectivity index (χ4n) is 3.28. The lowest BCUT2D eigenvalue weighted by Crippen LogP contribution is -2.31. The van der Waals surface area contributed by atoms with Gasteiger partial charge < -0.3 is 25.5 Å². The number of rotatable bonds is 4. The maximum absolute atomic E-state index is 11.9. The van der Waals surface area contributed by atoms with Crippen LogP contribution in [0, 0.1) is 0 Å². The minimum absolute atomic E-state index is 0. The molecule has 3 heterocycles. The van der Waals surface area contributed by atoms with Gasteiger partial charge >= 0.3 is 13.1 Å². The van der Waals surface area contributed by atoms with E-state index in [9.17, 15) is 9.59 Å². The molecule has 0 aliphatic rings. The Morgan fingerprint density at radius 3 is 2.20 bits per heavy atom. The zero-order chi connectivity index (χ0) is 29.2. The van der Waals surface area contributed by atoms with Crippen LogP contribution in [0.4, 0.5) is 5.69 Å². The highest BCUT2D eigenvalue weighted by atomic mass is 79.9. The number of nitrogens with zero attached hydrogens (tertiary/aromatic N) is 4. The van der Waals surface area contributed by atoms with Gasteiger partial charge in [-0.25, -0.2) is 24.7 Å². The zero-order valence-corrected chi connectivity index (χ0v) is 26.0. The predicted octanol–water partition coefficient (Wildman–Crippen LogP) is 3.31. The third kappa shape index (κ3) is 8.89. The SMILES string of the molecule is COC(=O)c1nc(SC)ncc1Br.CSc1ncc2c(n1)c(=O)[nH]c1ccccc12.Cl.Nc1ccccc1B(O)O. The molecule has 0 fully saturated rings. The van der Waals surface area contributed by atoms with Gasteiger partial charge in [-0.05, 0) is 40.6 Å². The summed E-state index contributed by atoms with van der Waals surface area (Å²) in [4.78, 5) is 42.3. The number of esters is 1. The number of methoxy groups -OCH3 is 1. The monoisotopic (exact) mass is 678 g/mol. The first-order valence-corrected chi connectivity index (χ1v) is 14.6. The van der Waals surface area contributed by atoms with Crippen molar-refractivity contribution in [1.29, 1.82) is 0 Å². The molecule has 5 aromatic rings. The Balaban J connectivity index is 0.000000221. The number of H-pyrrole nitrogens is 1. The second-order valence-corrected chi connectivity index (χ2v) is 10.1. The lowest BCUT2D eigenvalue weighted by Gasteiger charge is -2.03. The number of halogens is 2. The van der Waals surface area contributed by atoms with Crippen LogP contribution < -0.4 is 16.8 Å². The molecule has 0 bridgehead atoms. The molecule has 5 N–H and O–H groups in total. The fourth-order valence-corrected chi connectivity index (χ4v) is 4.31. The molecule has 0 unspecified atom stereocenters. The van der Waals surface area contributed by atoms with Crippen LogP contribution in [0.25, 0.3) is 21.8 Å². The summed E-state index contributed by atoms with van der Waals surface area (Å²) in [6, 6.07) is 14.3. The summed E-state index contributed by atoms with van der Waals surface area (Å²) in [6.07, 6.45) is 6.97. The summed E-state index contributed by atoms with van der Waals surface area (Å²) in [5.74, 6) is -0.468. The van der Waals surface area contributed by atoms with Crippen LogP contribution in [0.1, 0.15) is 10.5 Å². The lowest BCUT2D eigenvalue weighted by atomic mass is 9.79. The number of benzene rings is 2. The van der Waals surface area contributed by atoms with Gasteiger partial charge in [0.15, 0.2) is 16.0 Å². The Morgan fingerprint density at radius 1 is 0.976 bits per heavy atom. The van der Waals surface area contributed by atoms with E-state index >= 15 is 0 Å². The molecule has 0 aliphatic heterocycles. The van der Waals surface area contributed by atoms with E-state index in [-0.39, 0.29) is 23.7 Å². The van der Waals surface area contributed by atoms with Crippen LogP contribution in [0.2, 0.25) is 0 Å². The van der Waals surface area contributed by atoms with E-state index in [4.69, 9.17) is 15.8 Å². The molecule has 0 saturated carbocycles. The number of thioether (sulfide) groups is 2. The molecule has 11 nitrogen and oxygen atoms in total. The third-order valence-corrected chi connectivity index (χ3v) is 6.89. The number of pyridine rings is 1. The Kier molecular flexibility index (Phi) is 13.5. The molecule has 3 aromatic heterocycles. The number of hydrogen-bond donors (Lipinski definition) is 4. The van der Waals surface area contributed by atoms with Gasteiger partial charge in [0.2, 0.25) is 0 Å². The van der Waals surface area contributed by atoms with Gasteiger partial charge in [0, 0.05) is 39.8 Å². The van der Waals surface area contributed by atoms with Crippen molar-refractivity contribution >= 4 is 97.9 Å². The quantitative estimate of drug-likeness (QED) is 0.0545. The number of nitrogens with two attached hydrogens (primary N) is 1. The Morgan fingerprint density at radius 2 is 1.59 bits per heavy atom. The number of anilines is 1. The predicted molar refractivity (Wildman–Crippen MR) is 170 cm³/mol. The van der Waals surface area contributed by atoms with Gasteiger partial charge in [-0.3, -0.25) is 4.79 Å². The second kappa shape index (κ2) is 16.3. The minimum Gasteiger partial charge on any atom is -0.464 e. The highest BCUT2D eigenvalue weighted by Gasteiger charge is 2.14. The maximum Gasteiger partial charge on any atom is 0.490 e. The number of para-hydroxylation sites is 2. The number of carbonyl (C=O) groups is 1. The molecule has 0 saturated heterocycles. The number of hydrogen-bond acceptors (Lipinski definition) is 12. The molecule has 5 rings (SSSR count). The van der Waals surface area contributed by atoms with Gasteiger partial charge in [-0.1, -0.05) is 59.9 Å². The number of carbonyl (C=O) groups excluding carboxylic acids is 1. The van der Waals surface area contributed by atoms with E-state index < -0.39 is 13.1 Å². The van der Waals surface area contributed by atoms with Crippen LogP contribution >= 0.6 is 51.9 Å². The number of ether oxygens (including phenoxy) is 1. The number of nitrogen functional groups attached to an aromatic ring is 1. The molecule has 0 amide bonds. The van der Waals surface area contributed by atoms with Crippen molar-refractivity contribution in [3.8, 4) is 0 Å².